The van der Waals surface area contributed by atoms with Gasteiger partial charge in [0.15, 0.2) is 0 Å². The number of anilines is 1. The molecule has 0 unspecified atom stereocenters. The molecule has 1 aliphatic heterocycles. The van der Waals surface area contributed by atoms with Gasteiger partial charge in [0.2, 0.25) is 5.91 Å². The maximum absolute atomic E-state index is 11.5. The second kappa shape index (κ2) is 5.18. The summed E-state index contributed by atoms with van der Waals surface area (Å²) in [6, 6.07) is 3.66. The van der Waals surface area contributed by atoms with Gasteiger partial charge >= 0.3 is 0 Å². The first kappa shape index (κ1) is 11.9. The van der Waals surface area contributed by atoms with E-state index in [0.717, 1.165) is 29.7 Å². The van der Waals surface area contributed by atoms with Crippen molar-refractivity contribution in [3.8, 4) is 0 Å². The van der Waals surface area contributed by atoms with Gasteiger partial charge < -0.3 is 5.32 Å². The van der Waals surface area contributed by atoms with E-state index in [-0.39, 0.29) is 16.9 Å². The number of pyridine rings is 1. The Balaban J connectivity index is 2.10. The Morgan fingerprint density at radius 1 is 1.53 bits per heavy atom. The number of hydrogen-bond acceptors (Lipinski definition) is 5. The largest absolute Gasteiger partial charge is 0.370 e. The minimum atomic E-state index is -0.170. The van der Waals surface area contributed by atoms with Crippen molar-refractivity contribution in [2.75, 3.05) is 17.6 Å². The van der Waals surface area contributed by atoms with Crippen molar-refractivity contribution in [3.63, 3.8) is 0 Å². The molecule has 1 aliphatic rings. The summed E-state index contributed by atoms with van der Waals surface area (Å²) in [5.74, 6) is 0.892. The number of hydrogen-bond donors (Lipinski definition) is 1. The van der Waals surface area contributed by atoms with Crippen molar-refractivity contribution >= 4 is 28.7 Å². The molecular weight excluding hydrogens is 238 g/mol. The molecule has 0 bridgehead atoms. The number of nitrogens with zero attached hydrogens (tertiary/aromatic N) is 2. The first-order valence-electron chi connectivity index (χ1n) is 5.36. The standard InChI is InChI=1S/C11H13N3O2S/c1-2-12-9-5-8(3-4-13-9)6-14-10(15)7-17-11(14)16/h3-5H,2,6-7H2,1H3,(H,12,13). The monoisotopic (exact) mass is 251 g/mol. The first-order valence-corrected chi connectivity index (χ1v) is 6.35. The molecule has 2 amide bonds. The summed E-state index contributed by atoms with van der Waals surface area (Å²) >= 11 is 1.05. The van der Waals surface area contributed by atoms with Crippen LogP contribution in [0.15, 0.2) is 18.3 Å². The van der Waals surface area contributed by atoms with E-state index in [0.29, 0.717) is 6.54 Å². The topological polar surface area (TPSA) is 62.3 Å². The van der Waals surface area contributed by atoms with Gasteiger partial charge in [-0.25, -0.2) is 4.98 Å². The number of thioether (sulfide) groups is 1. The zero-order valence-corrected chi connectivity index (χ0v) is 10.3. The highest BCUT2D eigenvalue weighted by Gasteiger charge is 2.29. The molecule has 6 heteroatoms. The van der Waals surface area contributed by atoms with Crippen LogP contribution in [0.1, 0.15) is 12.5 Å². The number of nitrogens with one attached hydrogen (secondary N) is 1. The van der Waals surface area contributed by atoms with Crippen LogP contribution in [0, 0.1) is 0 Å². The van der Waals surface area contributed by atoms with Gasteiger partial charge in [-0.1, -0.05) is 11.8 Å². The first-order chi connectivity index (χ1) is 8.20. The third-order valence-corrected chi connectivity index (χ3v) is 3.22. The maximum Gasteiger partial charge on any atom is 0.289 e. The Labute approximate surface area is 104 Å². The summed E-state index contributed by atoms with van der Waals surface area (Å²) in [6.45, 7) is 3.10. The molecule has 0 spiro atoms. The van der Waals surface area contributed by atoms with Crippen LogP contribution >= 0.6 is 11.8 Å². The van der Waals surface area contributed by atoms with Crippen LogP contribution in [0.2, 0.25) is 0 Å². The van der Waals surface area contributed by atoms with Crippen LogP contribution in [0.3, 0.4) is 0 Å². The second-order valence-corrected chi connectivity index (χ2v) is 4.54. The summed E-state index contributed by atoms with van der Waals surface area (Å²) in [4.78, 5) is 28.3. The van der Waals surface area contributed by atoms with Crippen molar-refractivity contribution in [1.82, 2.24) is 9.88 Å². The molecule has 0 radical (unpaired) electrons. The smallest absolute Gasteiger partial charge is 0.289 e. The average Bonchev–Trinajstić information content (AvgIpc) is 2.62. The summed E-state index contributed by atoms with van der Waals surface area (Å²) in [5.41, 5.74) is 0.903. The zero-order valence-electron chi connectivity index (χ0n) is 9.47. The fourth-order valence-electron chi connectivity index (χ4n) is 1.57. The molecular formula is C11H13N3O2S. The normalized spacial score (nSPS) is 15.5. The van der Waals surface area contributed by atoms with E-state index in [4.69, 9.17) is 0 Å². The second-order valence-electron chi connectivity index (χ2n) is 3.61. The quantitative estimate of drug-likeness (QED) is 0.882. The van der Waals surface area contributed by atoms with Gasteiger partial charge in [-0.2, -0.15) is 0 Å². The lowest BCUT2D eigenvalue weighted by molar-refractivity contribution is -0.125. The lowest BCUT2D eigenvalue weighted by Gasteiger charge is -2.13. The van der Waals surface area contributed by atoms with E-state index in [1.54, 1.807) is 6.20 Å². The fourth-order valence-corrected chi connectivity index (χ4v) is 2.29. The van der Waals surface area contributed by atoms with Crippen molar-refractivity contribution in [2.45, 2.75) is 13.5 Å². The fraction of sp³-hybridized carbons (Fsp3) is 0.364. The van der Waals surface area contributed by atoms with Crippen molar-refractivity contribution in [3.05, 3.63) is 23.9 Å². The van der Waals surface area contributed by atoms with Gasteiger partial charge in [0.25, 0.3) is 5.24 Å². The third kappa shape index (κ3) is 2.76. The molecule has 17 heavy (non-hydrogen) atoms. The summed E-state index contributed by atoms with van der Waals surface area (Å²) in [7, 11) is 0. The predicted octanol–water partition coefficient (Wildman–Crippen LogP) is 1.71. The van der Waals surface area contributed by atoms with E-state index in [9.17, 15) is 9.59 Å². The predicted molar refractivity (Wildman–Crippen MR) is 66.8 cm³/mol. The molecule has 1 saturated heterocycles. The molecule has 0 aromatic carbocycles. The van der Waals surface area contributed by atoms with Crippen molar-refractivity contribution in [2.24, 2.45) is 0 Å². The maximum atomic E-state index is 11.5. The molecule has 0 atom stereocenters. The highest BCUT2D eigenvalue weighted by Crippen LogP contribution is 2.21. The Bertz CT molecular complexity index is 434. The van der Waals surface area contributed by atoms with Gasteiger partial charge in [0, 0.05) is 12.7 Å². The lowest BCUT2D eigenvalue weighted by Crippen LogP contribution is -2.27. The van der Waals surface area contributed by atoms with Gasteiger partial charge in [-0.05, 0) is 24.6 Å². The molecule has 90 valence electrons. The summed E-state index contributed by atoms with van der Waals surface area (Å²) in [6.07, 6.45) is 1.67. The van der Waals surface area contributed by atoms with E-state index in [2.05, 4.69) is 10.3 Å². The van der Waals surface area contributed by atoms with Gasteiger partial charge in [0.1, 0.15) is 5.82 Å². The molecule has 2 heterocycles. The van der Waals surface area contributed by atoms with Gasteiger partial charge in [-0.15, -0.1) is 0 Å². The number of carbonyl (C=O) groups is 2. The Hall–Kier alpha value is -1.56. The van der Waals surface area contributed by atoms with Crippen LogP contribution in [0.4, 0.5) is 10.6 Å². The van der Waals surface area contributed by atoms with Crippen molar-refractivity contribution in [1.29, 1.82) is 0 Å². The van der Waals surface area contributed by atoms with Crippen LogP contribution in [-0.2, 0) is 11.3 Å². The van der Waals surface area contributed by atoms with Gasteiger partial charge in [0.05, 0.1) is 12.3 Å². The molecule has 1 aromatic rings. The Kier molecular flexibility index (Phi) is 3.63. The minimum absolute atomic E-state index is 0.123. The molecule has 5 nitrogen and oxygen atoms in total. The van der Waals surface area contributed by atoms with E-state index >= 15 is 0 Å². The third-order valence-electron chi connectivity index (χ3n) is 2.36. The number of rotatable bonds is 4. The Morgan fingerprint density at radius 3 is 3.00 bits per heavy atom. The molecule has 1 aromatic heterocycles. The van der Waals surface area contributed by atoms with Crippen LogP contribution in [-0.4, -0.2) is 33.3 Å². The zero-order chi connectivity index (χ0) is 12.3. The lowest BCUT2D eigenvalue weighted by atomic mass is 10.2. The van der Waals surface area contributed by atoms with E-state index in [1.165, 1.54) is 4.90 Å². The number of carbonyl (C=O) groups excluding carboxylic acids is 2. The number of imide groups is 1. The summed E-state index contributed by atoms with van der Waals surface area (Å²) in [5, 5.41) is 2.92. The highest BCUT2D eigenvalue weighted by molar-refractivity contribution is 8.14. The minimum Gasteiger partial charge on any atom is -0.370 e. The van der Waals surface area contributed by atoms with Crippen LogP contribution in [0.25, 0.3) is 0 Å². The van der Waals surface area contributed by atoms with Crippen LogP contribution in [0.5, 0.6) is 0 Å². The molecule has 1 N–H and O–H groups in total. The van der Waals surface area contributed by atoms with Crippen molar-refractivity contribution < 1.29 is 9.59 Å². The molecule has 1 fully saturated rings. The molecule has 0 aliphatic carbocycles. The highest BCUT2D eigenvalue weighted by atomic mass is 32.2. The molecule has 2 rings (SSSR count). The van der Waals surface area contributed by atoms with Gasteiger partial charge in [-0.3, -0.25) is 14.5 Å². The summed E-state index contributed by atoms with van der Waals surface area (Å²) < 4.78 is 0. The van der Waals surface area contributed by atoms with Crippen LogP contribution < -0.4 is 5.32 Å². The number of aromatic nitrogens is 1. The average molecular weight is 251 g/mol. The number of amides is 2. The van der Waals surface area contributed by atoms with E-state index < -0.39 is 0 Å². The van der Waals surface area contributed by atoms with E-state index in [1.807, 2.05) is 19.1 Å². The SMILES string of the molecule is CCNc1cc(CN2C(=O)CSC2=O)ccn1. The Morgan fingerprint density at radius 2 is 2.35 bits per heavy atom. The molecule has 0 saturated carbocycles.